The van der Waals surface area contributed by atoms with Crippen LogP contribution in [0.25, 0.3) is 0 Å². The van der Waals surface area contributed by atoms with Crippen LogP contribution in [0.3, 0.4) is 0 Å². The number of hydrogen-bond acceptors (Lipinski definition) is 6. The van der Waals surface area contributed by atoms with Gasteiger partial charge in [-0.15, -0.1) is 0 Å². The Bertz CT molecular complexity index is 1840. The van der Waals surface area contributed by atoms with Gasteiger partial charge in [0.2, 0.25) is 0 Å². The summed E-state index contributed by atoms with van der Waals surface area (Å²) in [7, 11) is 0. The fraction of sp³-hybridized carbons (Fsp3) is 0.0357. The molecule has 17 heteroatoms. The van der Waals surface area contributed by atoms with E-state index in [1.165, 1.54) is 12.1 Å². The second-order valence-corrected chi connectivity index (χ2v) is 11.7. The Balaban J connectivity index is 1.39. The number of hydrogen-bond donors (Lipinski definition) is 4. The van der Waals surface area contributed by atoms with E-state index in [2.05, 4.69) is 10.8 Å². The highest BCUT2D eigenvalue weighted by Gasteiger charge is 2.29. The van der Waals surface area contributed by atoms with E-state index < -0.39 is 34.0 Å². The number of carboxylic acids is 2. The van der Waals surface area contributed by atoms with Crippen molar-refractivity contribution in [2.45, 2.75) is 6.61 Å². The van der Waals surface area contributed by atoms with Gasteiger partial charge in [0, 0.05) is 11.3 Å². The van der Waals surface area contributed by atoms with Crippen LogP contribution in [-0.4, -0.2) is 28.1 Å². The second-order valence-electron chi connectivity index (χ2n) is 8.72. The van der Waals surface area contributed by atoms with E-state index in [-0.39, 0.29) is 58.6 Å². The molecule has 0 aliphatic rings. The van der Waals surface area contributed by atoms with Gasteiger partial charge in [-0.25, -0.2) is 9.59 Å². The summed E-state index contributed by atoms with van der Waals surface area (Å²) in [6.45, 7) is -0.305. The average Bonchev–Trinajstić information content (AvgIpc) is 3.00. The first-order chi connectivity index (χ1) is 21.2. The van der Waals surface area contributed by atoms with Crippen molar-refractivity contribution >= 4 is 122 Å². The third-order valence-corrected chi connectivity index (χ3v) is 9.54. The van der Waals surface area contributed by atoms with Crippen molar-refractivity contribution in [3.63, 3.8) is 0 Å². The number of aromatic carboxylic acids is 2. The van der Waals surface area contributed by atoms with Crippen molar-refractivity contribution in [2.24, 2.45) is 0 Å². The summed E-state index contributed by atoms with van der Waals surface area (Å²) in [6.07, 6.45) is 0. The summed E-state index contributed by atoms with van der Waals surface area (Å²) in [6, 6.07) is 12.6. The molecular formula is C28H14Cl8N2O7. The zero-order valence-electron chi connectivity index (χ0n) is 21.8. The predicted molar refractivity (Wildman–Crippen MR) is 176 cm³/mol. The number of halogens is 8. The lowest BCUT2D eigenvalue weighted by Gasteiger charge is -2.15. The number of anilines is 2. The molecule has 0 radical (unpaired) electrons. The molecule has 0 spiro atoms. The van der Waals surface area contributed by atoms with E-state index in [0.717, 1.165) is 0 Å². The summed E-state index contributed by atoms with van der Waals surface area (Å²) in [5.74, 6) is -2.91. The van der Waals surface area contributed by atoms with Crippen LogP contribution < -0.4 is 15.5 Å². The van der Waals surface area contributed by atoms with Gasteiger partial charge in [-0.2, -0.15) is 0 Å². The van der Waals surface area contributed by atoms with E-state index >= 15 is 0 Å². The quantitative estimate of drug-likeness (QED) is 0.0711. The number of carbonyl (C=O) groups excluding carboxylic acids is 1. The van der Waals surface area contributed by atoms with Crippen LogP contribution in [0.1, 0.15) is 36.6 Å². The molecule has 4 N–H and O–H groups in total. The van der Waals surface area contributed by atoms with Crippen molar-refractivity contribution in [3.05, 3.63) is 111 Å². The molecule has 0 aliphatic heterocycles. The monoisotopic (exact) mass is 770 g/mol. The third-order valence-electron chi connectivity index (χ3n) is 5.89. The second kappa shape index (κ2) is 14.7. The summed E-state index contributed by atoms with van der Waals surface area (Å²) >= 11 is 48.3. The van der Waals surface area contributed by atoms with Crippen LogP contribution >= 0.6 is 92.8 Å². The van der Waals surface area contributed by atoms with Crippen molar-refractivity contribution in [1.82, 2.24) is 0 Å². The lowest BCUT2D eigenvalue weighted by molar-refractivity contribution is 0.0682. The Morgan fingerprint density at radius 1 is 0.556 bits per heavy atom. The van der Waals surface area contributed by atoms with Crippen LogP contribution in [0, 0.1) is 0 Å². The lowest BCUT2D eigenvalue weighted by Crippen LogP contribution is -2.18. The lowest BCUT2D eigenvalue weighted by atomic mass is 10.1. The first kappa shape index (κ1) is 35.0. The highest BCUT2D eigenvalue weighted by Crippen LogP contribution is 2.43. The third kappa shape index (κ3) is 7.60. The molecule has 0 unspecified atom stereocenters. The zero-order valence-corrected chi connectivity index (χ0v) is 27.8. The summed E-state index contributed by atoms with van der Waals surface area (Å²) in [5.41, 5.74) is 2.08. The topological polar surface area (TPSA) is 134 Å². The standard InChI is InChI=1S/C28H14Cl8N2O7/c29-18-14(15(27(40)41)19(30)23(34)22(18)33)9-44-38-11-3-7-13(8-4-11)45-12-5-1-10(2-6-12)37-26(39)16-17(28(42)43)21(32)25(36)24(35)20(16)31/h1-8,38H,9H2,(H,37,39)(H,40,41)(H,42,43). The number of amides is 1. The maximum Gasteiger partial charge on any atom is 0.338 e. The molecule has 0 atom stereocenters. The van der Waals surface area contributed by atoms with Crippen LogP contribution in [0.5, 0.6) is 11.5 Å². The van der Waals surface area contributed by atoms with Crippen LogP contribution in [-0.2, 0) is 11.4 Å². The molecule has 45 heavy (non-hydrogen) atoms. The van der Waals surface area contributed by atoms with Gasteiger partial charge in [0.1, 0.15) is 18.1 Å². The fourth-order valence-corrected chi connectivity index (χ4v) is 5.85. The Morgan fingerprint density at radius 2 is 0.978 bits per heavy atom. The molecule has 4 aromatic rings. The van der Waals surface area contributed by atoms with E-state index in [1.54, 1.807) is 36.4 Å². The molecule has 0 aromatic heterocycles. The van der Waals surface area contributed by atoms with Crippen LogP contribution in [0.4, 0.5) is 11.4 Å². The molecule has 4 aromatic carbocycles. The molecule has 0 aliphatic carbocycles. The van der Waals surface area contributed by atoms with Gasteiger partial charge in [-0.05, 0) is 48.5 Å². The first-order valence-electron chi connectivity index (χ1n) is 12.0. The minimum absolute atomic E-state index is 0.0295. The van der Waals surface area contributed by atoms with Crippen molar-refractivity contribution < 1.29 is 34.2 Å². The minimum atomic E-state index is -1.52. The smallest absolute Gasteiger partial charge is 0.338 e. The Morgan fingerprint density at radius 3 is 1.47 bits per heavy atom. The van der Waals surface area contributed by atoms with Crippen LogP contribution in [0.15, 0.2) is 48.5 Å². The van der Waals surface area contributed by atoms with Gasteiger partial charge < -0.3 is 20.3 Å². The normalized spacial score (nSPS) is 10.8. The van der Waals surface area contributed by atoms with Gasteiger partial charge >= 0.3 is 11.9 Å². The molecular weight excluding hydrogens is 760 g/mol. The molecule has 0 fully saturated rings. The van der Waals surface area contributed by atoms with Crippen molar-refractivity contribution in [2.75, 3.05) is 10.8 Å². The number of nitrogens with one attached hydrogen (secondary N) is 2. The van der Waals surface area contributed by atoms with Gasteiger partial charge in [-0.1, -0.05) is 92.8 Å². The van der Waals surface area contributed by atoms with Crippen LogP contribution in [0.2, 0.25) is 40.2 Å². The Hall–Kier alpha value is -2.83. The Labute approximate surface area is 294 Å². The first-order valence-corrected chi connectivity index (χ1v) is 15.0. The number of carbonyl (C=O) groups is 3. The fourth-order valence-electron chi connectivity index (χ4n) is 3.80. The van der Waals surface area contributed by atoms with Gasteiger partial charge in [0.15, 0.2) is 0 Å². The summed E-state index contributed by atoms with van der Waals surface area (Å²) in [4.78, 5) is 41.8. The highest BCUT2D eigenvalue weighted by atomic mass is 35.5. The largest absolute Gasteiger partial charge is 0.478 e. The molecule has 4 rings (SSSR count). The van der Waals surface area contributed by atoms with Gasteiger partial charge in [-0.3, -0.25) is 15.1 Å². The van der Waals surface area contributed by atoms with Gasteiger partial charge in [0.05, 0.1) is 62.6 Å². The number of rotatable bonds is 10. The van der Waals surface area contributed by atoms with Gasteiger partial charge in [0.25, 0.3) is 5.91 Å². The van der Waals surface area contributed by atoms with E-state index in [4.69, 9.17) is 102 Å². The van der Waals surface area contributed by atoms with E-state index in [0.29, 0.717) is 17.2 Å². The number of ether oxygens (including phenoxy) is 1. The maximum absolute atomic E-state index is 12.9. The summed E-state index contributed by atoms with van der Waals surface area (Å²) < 4.78 is 5.81. The Kier molecular flexibility index (Phi) is 11.5. The molecule has 0 bridgehead atoms. The van der Waals surface area contributed by atoms with E-state index in [9.17, 15) is 24.6 Å². The molecule has 234 valence electrons. The molecule has 0 heterocycles. The maximum atomic E-state index is 12.9. The number of carboxylic acid groups (broad SMARTS) is 2. The zero-order chi connectivity index (χ0) is 33.2. The van der Waals surface area contributed by atoms with E-state index in [1.807, 2.05) is 0 Å². The van der Waals surface area contributed by atoms with Crippen molar-refractivity contribution in [1.29, 1.82) is 0 Å². The summed E-state index contributed by atoms with van der Waals surface area (Å²) in [5, 5.41) is 19.6. The average molecular weight is 774 g/mol. The molecule has 9 nitrogen and oxygen atoms in total. The minimum Gasteiger partial charge on any atom is -0.478 e. The highest BCUT2D eigenvalue weighted by molar-refractivity contribution is 6.54. The molecule has 0 saturated carbocycles. The molecule has 0 saturated heterocycles. The number of benzene rings is 4. The van der Waals surface area contributed by atoms with Crippen molar-refractivity contribution in [3.8, 4) is 11.5 Å². The predicted octanol–water partition coefficient (Wildman–Crippen LogP) is 10.9. The SMILES string of the molecule is O=C(O)c1c(Cl)c(Cl)c(Cl)c(Cl)c1CONc1ccc(Oc2ccc(NC(=O)c3c(Cl)c(Cl)c(Cl)c(Cl)c3C(=O)O)cc2)cc1. The molecule has 1 amide bonds.